The van der Waals surface area contributed by atoms with Gasteiger partial charge >= 0.3 is 0 Å². The second kappa shape index (κ2) is 7.67. The van der Waals surface area contributed by atoms with Gasteiger partial charge in [0, 0.05) is 23.6 Å². The maximum Gasteiger partial charge on any atom is 0.273 e. The van der Waals surface area contributed by atoms with E-state index in [1.165, 1.54) is 4.68 Å². The molecule has 9 nitrogen and oxygen atoms in total. The summed E-state index contributed by atoms with van der Waals surface area (Å²) in [4.78, 5) is 41.5. The van der Waals surface area contributed by atoms with Gasteiger partial charge in [0.05, 0.1) is 17.3 Å². The minimum atomic E-state index is -0.358. The Hall–Kier alpha value is -4.01. The lowest BCUT2D eigenvalue weighted by atomic mass is 10.2. The molecule has 0 radical (unpaired) electrons. The lowest BCUT2D eigenvalue weighted by Crippen LogP contribution is -2.31. The van der Waals surface area contributed by atoms with Gasteiger partial charge in [0.2, 0.25) is 5.91 Å². The number of amides is 1. The Labute approximate surface area is 176 Å². The third kappa shape index (κ3) is 3.89. The topological polar surface area (TPSA) is 126 Å². The molecule has 9 heteroatoms. The van der Waals surface area contributed by atoms with E-state index in [0.29, 0.717) is 28.2 Å². The molecule has 1 saturated carbocycles. The number of aromatic nitrogens is 5. The molecule has 31 heavy (non-hydrogen) atoms. The predicted octanol–water partition coefficient (Wildman–Crippen LogP) is 2.38. The standard InChI is InChI=1S/C22H20N6O3/c29-18(11-12-28-22(31)17-4-2-1-3-16(17)21(30)27-28)23-15-9-7-14(8-10-15)20-24-19(25-26-20)13-5-6-13/h1-4,7-10,13H,5-6,11-12H2,(H,23,29)(H,27,30)(H,24,25,26). The highest BCUT2D eigenvalue weighted by Crippen LogP contribution is 2.38. The van der Waals surface area contributed by atoms with E-state index in [9.17, 15) is 14.4 Å². The number of aromatic amines is 2. The van der Waals surface area contributed by atoms with E-state index >= 15 is 0 Å². The van der Waals surface area contributed by atoms with Crippen LogP contribution >= 0.6 is 0 Å². The average molecular weight is 416 g/mol. The molecule has 1 fully saturated rings. The molecule has 156 valence electrons. The van der Waals surface area contributed by atoms with E-state index in [0.717, 1.165) is 24.2 Å². The van der Waals surface area contributed by atoms with E-state index in [4.69, 9.17) is 0 Å². The number of aryl methyl sites for hydroxylation is 1. The molecule has 2 aromatic heterocycles. The molecule has 0 aliphatic heterocycles. The van der Waals surface area contributed by atoms with Gasteiger partial charge in [0.1, 0.15) is 5.82 Å². The zero-order valence-corrected chi connectivity index (χ0v) is 16.6. The summed E-state index contributed by atoms with van der Waals surface area (Å²) in [7, 11) is 0. The third-order valence-corrected chi connectivity index (χ3v) is 5.34. The van der Waals surface area contributed by atoms with Crippen molar-refractivity contribution in [1.29, 1.82) is 0 Å². The SMILES string of the molecule is O=C(CCn1[nH]c(=O)c2ccccc2c1=O)Nc1ccc(-c2n[nH]c(C3CC3)n2)cc1. The second-order valence-corrected chi connectivity index (χ2v) is 7.64. The Bertz CT molecular complexity index is 1380. The molecule has 2 heterocycles. The Morgan fingerprint density at radius 2 is 1.81 bits per heavy atom. The Morgan fingerprint density at radius 3 is 2.55 bits per heavy atom. The molecule has 0 unspecified atom stereocenters. The number of hydrogen-bond acceptors (Lipinski definition) is 5. The highest BCUT2D eigenvalue weighted by atomic mass is 16.2. The minimum Gasteiger partial charge on any atom is -0.326 e. The zero-order valence-electron chi connectivity index (χ0n) is 16.6. The van der Waals surface area contributed by atoms with Gasteiger partial charge in [-0.15, -0.1) is 0 Å². The van der Waals surface area contributed by atoms with Crippen LogP contribution in [0.3, 0.4) is 0 Å². The Morgan fingerprint density at radius 1 is 1.06 bits per heavy atom. The van der Waals surface area contributed by atoms with Crippen molar-refractivity contribution in [3.8, 4) is 11.4 Å². The van der Waals surface area contributed by atoms with Gasteiger partial charge in [-0.05, 0) is 49.2 Å². The number of anilines is 1. The van der Waals surface area contributed by atoms with Crippen molar-refractivity contribution < 1.29 is 4.79 Å². The summed E-state index contributed by atoms with van der Waals surface area (Å²) in [5.74, 6) is 1.81. The average Bonchev–Trinajstić information content (AvgIpc) is 3.52. The number of carbonyl (C=O) groups is 1. The molecule has 0 atom stereocenters. The van der Waals surface area contributed by atoms with E-state index in [1.54, 1.807) is 36.4 Å². The molecule has 0 spiro atoms. The van der Waals surface area contributed by atoms with E-state index < -0.39 is 0 Å². The maximum absolute atomic E-state index is 12.5. The molecule has 5 rings (SSSR count). The minimum absolute atomic E-state index is 0.0433. The maximum atomic E-state index is 12.5. The first-order valence-electron chi connectivity index (χ1n) is 10.1. The summed E-state index contributed by atoms with van der Waals surface area (Å²) >= 11 is 0. The molecular formula is C22H20N6O3. The lowest BCUT2D eigenvalue weighted by molar-refractivity contribution is -0.116. The quantitative estimate of drug-likeness (QED) is 0.445. The van der Waals surface area contributed by atoms with Crippen LogP contribution in [-0.2, 0) is 11.3 Å². The number of rotatable bonds is 6. The number of fused-ring (bicyclic) bond motifs is 1. The monoisotopic (exact) mass is 416 g/mol. The summed E-state index contributed by atoms with van der Waals surface area (Å²) in [6.45, 7) is 0.0734. The fourth-order valence-corrected chi connectivity index (χ4v) is 3.49. The number of H-pyrrole nitrogens is 2. The molecule has 1 aliphatic carbocycles. The fraction of sp³-hybridized carbons (Fsp3) is 0.227. The van der Waals surface area contributed by atoms with Gasteiger partial charge in [0.15, 0.2) is 5.82 Å². The fourth-order valence-electron chi connectivity index (χ4n) is 3.49. The van der Waals surface area contributed by atoms with Gasteiger partial charge in [-0.1, -0.05) is 12.1 Å². The summed E-state index contributed by atoms with van der Waals surface area (Å²) in [5, 5.41) is 13.2. The number of nitrogens with one attached hydrogen (secondary N) is 3. The first kappa shape index (κ1) is 19.0. The van der Waals surface area contributed by atoms with Crippen LogP contribution in [0.1, 0.15) is 31.0 Å². The van der Waals surface area contributed by atoms with Crippen LogP contribution in [0, 0.1) is 0 Å². The van der Waals surface area contributed by atoms with Crippen LogP contribution in [0.4, 0.5) is 5.69 Å². The summed E-state index contributed by atoms with van der Waals surface area (Å²) < 4.78 is 1.17. The molecule has 0 saturated heterocycles. The zero-order chi connectivity index (χ0) is 21.4. The van der Waals surface area contributed by atoms with Crippen molar-refractivity contribution in [2.24, 2.45) is 0 Å². The highest BCUT2D eigenvalue weighted by molar-refractivity contribution is 5.90. The molecule has 0 bridgehead atoms. The number of benzene rings is 2. The molecule has 1 amide bonds. The van der Waals surface area contributed by atoms with Crippen molar-refractivity contribution in [2.75, 3.05) is 5.32 Å². The normalized spacial score (nSPS) is 13.4. The number of carbonyl (C=O) groups excluding carboxylic acids is 1. The van der Waals surface area contributed by atoms with Crippen LogP contribution in [0.25, 0.3) is 22.2 Å². The third-order valence-electron chi connectivity index (χ3n) is 5.34. The van der Waals surface area contributed by atoms with Crippen LogP contribution < -0.4 is 16.4 Å². The van der Waals surface area contributed by atoms with Gasteiger partial charge in [-0.2, -0.15) is 5.10 Å². The van der Waals surface area contributed by atoms with Gasteiger partial charge in [-0.25, -0.2) is 9.67 Å². The Kier molecular flexibility index (Phi) is 4.70. The van der Waals surface area contributed by atoms with Crippen LogP contribution in [0.5, 0.6) is 0 Å². The van der Waals surface area contributed by atoms with Crippen LogP contribution in [0.15, 0.2) is 58.1 Å². The van der Waals surface area contributed by atoms with Gasteiger partial charge < -0.3 is 5.32 Å². The molecule has 1 aliphatic rings. The lowest BCUT2D eigenvalue weighted by Gasteiger charge is -2.08. The highest BCUT2D eigenvalue weighted by Gasteiger charge is 2.27. The number of nitrogens with zero attached hydrogens (tertiary/aromatic N) is 3. The molecule has 4 aromatic rings. The molecule has 2 aromatic carbocycles. The van der Waals surface area contributed by atoms with Crippen LogP contribution in [0.2, 0.25) is 0 Å². The van der Waals surface area contributed by atoms with Crippen LogP contribution in [-0.4, -0.2) is 30.9 Å². The second-order valence-electron chi connectivity index (χ2n) is 7.64. The van der Waals surface area contributed by atoms with E-state index in [-0.39, 0.29) is 30.0 Å². The van der Waals surface area contributed by atoms with E-state index in [2.05, 4.69) is 25.6 Å². The summed E-state index contributed by atoms with van der Waals surface area (Å²) in [6, 6.07) is 13.9. The van der Waals surface area contributed by atoms with Gasteiger partial charge in [0.25, 0.3) is 11.1 Å². The predicted molar refractivity (Wildman–Crippen MR) is 116 cm³/mol. The Balaban J connectivity index is 1.23. The van der Waals surface area contributed by atoms with Crippen molar-refractivity contribution in [1.82, 2.24) is 25.0 Å². The number of hydrogen-bond donors (Lipinski definition) is 3. The molecular weight excluding hydrogens is 396 g/mol. The van der Waals surface area contributed by atoms with Gasteiger partial charge in [-0.3, -0.25) is 24.6 Å². The van der Waals surface area contributed by atoms with E-state index in [1.807, 2.05) is 12.1 Å². The van der Waals surface area contributed by atoms with Crippen molar-refractivity contribution >= 4 is 22.4 Å². The smallest absolute Gasteiger partial charge is 0.273 e. The largest absolute Gasteiger partial charge is 0.326 e. The van der Waals surface area contributed by atoms with Crippen molar-refractivity contribution in [3.63, 3.8) is 0 Å². The molecule has 3 N–H and O–H groups in total. The van der Waals surface area contributed by atoms with Crippen molar-refractivity contribution in [3.05, 3.63) is 75.1 Å². The first-order valence-corrected chi connectivity index (χ1v) is 10.1. The first-order chi connectivity index (χ1) is 15.1. The summed E-state index contributed by atoms with van der Waals surface area (Å²) in [5.41, 5.74) is 0.805. The van der Waals surface area contributed by atoms with Crippen molar-refractivity contribution in [2.45, 2.75) is 31.7 Å². The summed E-state index contributed by atoms with van der Waals surface area (Å²) in [6.07, 6.45) is 2.35.